The van der Waals surface area contributed by atoms with Gasteiger partial charge in [-0.05, 0) is 31.4 Å². The second kappa shape index (κ2) is 15.4. The Balaban J connectivity index is 0.00000529. The largest absolute Gasteiger partial charge is 0.481 e. The molecule has 24 heavy (non-hydrogen) atoms. The highest BCUT2D eigenvalue weighted by atomic mass is 127. The normalized spacial score (nSPS) is 10.9. The van der Waals surface area contributed by atoms with E-state index >= 15 is 0 Å². The average Bonchev–Trinajstić information content (AvgIpc) is 2.59. The van der Waals surface area contributed by atoms with Gasteiger partial charge in [0.1, 0.15) is 0 Å². The molecule has 0 fully saturated rings. The standard InChI is InChI=1S/C17H30N4O2.HI/c1-4-6-11-23-12-7-9-20-17(18-5-2)21-14-15-8-10-19-16(13-15)22-3;/h8,10,13H,4-7,9,11-12,14H2,1-3H3,(H2,18,20,21);1H. The molecule has 1 rings (SSSR count). The number of guanidine groups is 1. The molecule has 0 spiro atoms. The Morgan fingerprint density at radius 2 is 2.00 bits per heavy atom. The quantitative estimate of drug-likeness (QED) is 0.235. The highest BCUT2D eigenvalue weighted by Gasteiger charge is 1.99. The SMILES string of the molecule is CCCCOCCCNC(=NCc1ccnc(OC)c1)NCC.I. The summed E-state index contributed by atoms with van der Waals surface area (Å²) >= 11 is 0. The summed E-state index contributed by atoms with van der Waals surface area (Å²) in [5.41, 5.74) is 1.07. The number of methoxy groups -OCH3 is 1. The van der Waals surface area contributed by atoms with Crippen molar-refractivity contribution in [3.05, 3.63) is 23.9 Å². The van der Waals surface area contributed by atoms with E-state index in [4.69, 9.17) is 9.47 Å². The topological polar surface area (TPSA) is 67.8 Å². The van der Waals surface area contributed by atoms with E-state index in [9.17, 15) is 0 Å². The number of ether oxygens (including phenoxy) is 2. The molecule has 0 radical (unpaired) electrons. The molecule has 0 amide bonds. The number of aliphatic imine (C=N–C) groups is 1. The molecule has 1 aromatic heterocycles. The monoisotopic (exact) mass is 450 g/mol. The summed E-state index contributed by atoms with van der Waals surface area (Å²) in [5.74, 6) is 1.43. The predicted molar refractivity (Wildman–Crippen MR) is 109 cm³/mol. The van der Waals surface area contributed by atoms with Crippen LogP contribution in [0.2, 0.25) is 0 Å². The van der Waals surface area contributed by atoms with Crippen molar-refractivity contribution < 1.29 is 9.47 Å². The number of unbranched alkanes of at least 4 members (excludes halogenated alkanes) is 1. The molecule has 0 saturated heterocycles. The zero-order valence-electron chi connectivity index (χ0n) is 15.0. The van der Waals surface area contributed by atoms with Crippen LogP contribution >= 0.6 is 24.0 Å². The Morgan fingerprint density at radius 3 is 2.71 bits per heavy atom. The third-order valence-corrected chi connectivity index (χ3v) is 3.17. The molecule has 6 nitrogen and oxygen atoms in total. The molecule has 0 aliphatic heterocycles. The molecule has 138 valence electrons. The zero-order valence-corrected chi connectivity index (χ0v) is 17.3. The maximum Gasteiger partial charge on any atom is 0.213 e. The summed E-state index contributed by atoms with van der Waals surface area (Å²) in [7, 11) is 1.61. The first-order chi connectivity index (χ1) is 11.3. The first kappa shape index (κ1) is 22.9. The minimum absolute atomic E-state index is 0. The van der Waals surface area contributed by atoms with Crippen molar-refractivity contribution in [2.45, 2.75) is 39.7 Å². The lowest BCUT2D eigenvalue weighted by Gasteiger charge is -2.11. The average molecular weight is 450 g/mol. The lowest BCUT2D eigenvalue weighted by Crippen LogP contribution is -2.38. The number of nitrogens with one attached hydrogen (secondary N) is 2. The van der Waals surface area contributed by atoms with Crippen molar-refractivity contribution in [3.63, 3.8) is 0 Å². The van der Waals surface area contributed by atoms with Gasteiger partial charge in [0, 0.05) is 38.6 Å². The van der Waals surface area contributed by atoms with Gasteiger partial charge in [-0.1, -0.05) is 13.3 Å². The third-order valence-electron chi connectivity index (χ3n) is 3.17. The Kier molecular flexibility index (Phi) is 14.7. The second-order valence-corrected chi connectivity index (χ2v) is 5.15. The van der Waals surface area contributed by atoms with Gasteiger partial charge in [-0.3, -0.25) is 0 Å². The molecule has 0 aliphatic carbocycles. The summed E-state index contributed by atoms with van der Waals surface area (Å²) in [6.45, 7) is 8.13. The van der Waals surface area contributed by atoms with Crippen molar-refractivity contribution in [1.82, 2.24) is 15.6 Å². The van der Waals surface area contributed by atoms with Crippen LogP contribution in [-0.2, 0) is 11.3 Å². The van der Waals surface area contributed by atoms with E-state index in [0.29, 0.717) is 12.4 Å². The van der Waals surface area contributed by atoms with Crippen LogP contribution in [0.5, 0.6) is 5.88 Å². The summed E-state index contributed by atoms with van der Waals surface area (Å²) in [5, 5.41) is 6.57. The molecule has 0 saturated carbocycles. The van der Waals surface area contributed by atoms with E-state index in [1.807, 2.05) is 12.1 Å². The molecule has 0 aromatic carbocycles. The number of aromatic nitrogens is 1. The predicted octanol–water partition coefficient (Wildman–Crippen LogP) is 2.97. The van der Waals surface area contributed by atoms with Crippen LogP contribution in [0.25, 0.3) is 0 Å². The van der Waals surface area contributed by atoms with Crippen LogP contribution < -0.4 is 15.4 Å². The fourth-order valence-electron chi connectivity index (χ4n) is 1.90. The molecule has 1 aromatic rings. The highest BCUT2D eigenvalue weighted by molar-refractivity contribution is 14.0. The maximum atomic E-state index is 5.55. The van der Waals surface area contributed by atoms with Crippen LogP contribution in [0, 0.1) is 0 Å². The molecule has 7 heteroatoms. The van der Waals surface area contributed by atoms with Gasteiger partial charge in [0.2, 0.25) is 5.88 Å². The Hall–Kier alpha value is -1.09. The number of hydrogen-bond acceptors (Lipinski definition) is 4. The van der Waals surface area contributed by atoms with Crippen LogP contribution in [-0.4, -0.2) is 44.4 Å². The number of halogens is 1. The van der Waals surface area contributed by atoms with Gasteiger partial charge in [-0.15, -0.1) is 24.0 Å². The van der Waals surface area contributed by atoms with Gasteiger partial charge in [-0.25, -0.2) is 9.98 Å². The molecule has 0 aliphatic rings. The van der Waals surface area contributed by atoms with Crippen molar-refractivity contribution in [2.24, 2.45) is 4.99 Å². The minimum Gasteiger partial charge on any atom is -0.481 e. The maximum absolute atomic E-state index is 5.55. The van der Waals surface area contributed by atoms with E-state index in [1.165, 1.54) is 6.42 Å². The summed E-state index contributed by atoms with van der Waals surface area (Å²) < 4.78 is 10.7. The van der Waals surface area contributed by atoms with Gasteiger partial charge < -0.3 is 20.1 Å². The van der Waals surface area contributed by atoms with Gasteiger partial charge in [0.25, 0.3) is 0 Å². The molecule has 0 atom stereocenters. The third kappa shape index (κ3) is 10.6. The Morgan fingerprint density at radius 1 is 1.21 bits per heavy atom. The number of hydrogen-bond donors (Lipinski definition) is 2. The summed E-state index contributed by atoms with van der Waals surface area (Å²) in [6.07, 6.45) is 5.01. The van der Waals surface area contributed by atoms with Crippen molar-refractivity contribution >= 4 is 29.9 Å². The molecule has 0 unspecified atom stereocenters. The molecule has 1 heterocycles. The smallest absolute Gasteiger partial charge is 0.213 e. The highest BCUT2D eigenvalue weighted by Crippen LogP contribution is 2.09. The van der Waals surface area contributed by atoms with E-state index in [0.717, 1.165) is 50.7 Å². The van der Waals surface area contributed by atoms with E-state index < -0.39 is 0 Å². The van der Waals surface area contributed by atoms with E-state index in [-0.39, 0.29) is 24.0 Å². The lowest BCUT2D eigenvalue weighted by atomic mass is 10.3. The Bertz CT molecular complexity index is 458. The lowest BCUT2D eigenvalue weighted by molar-refractivity contribution is 0.129. The second-order valence-electron chi connectivity index (χ2n) is 5.15. The van der Waals surface area contributed by atoms with E-state index in [1.54, 1.807) is 13.3 Å². The van der Waals surface area contributed by atoms with Crippen molar-refractivity contribution in [1.29, 1.82) is 0 Å². The molecular formula is C17H31IN4O2. The van der Waals surface area contributed by atoms with Crippen LogP contribution in [0.4, 0.5) is 0 Å². The fourth-order valence-corrected chi connectivity index (χ4v) is 1.90. The fraction of sp³-hybridized carbons (Fsp3) is 0.647. The summed E-state index contributed by atoms with van der Waals surface area (Å²) in [4.78, 5) is 8.67. The Labute approximate surface area is 162 Å². The van der Waals surface area contributed by atoms with Crippen molar-refractivity contribution in [2.75, 3.05) is 33.4 Å². The number of pyridine rings is 1. The van der Waals surface area contributed by atoms with Gasteiger partial charge in [-0.2, -0.15) is 0 Å². The zero-order chi connectivity index (χ0) is 16.8. The molecule has 2 N–H and O–H groups in total. The van der Waals surface area contributed by atoms with E-state index in [2.05, 4.69) is 34.5 Å². The first-order valence-electron chi connectivity index (χ1n) is 8.39. The van der Waals surface area contributed by atoms with Gasteiger partial charge >= 0.3 is 0 Å². The van der Waals surface area contributed by atoms with Crippen LogP contribution in [0.15, 0.2) is 23.3 Å². The molecular weight excluding hydrogens is 419 g/mol. The van der Waals surface area contributed by atoms with Gasteiger partial charge in [0.15, 0.2) is 5.96 Å². The summed E-state index contributed by atoms with van der Waals surface area (Å²) in [6, 6.07) is 3.84. The van der Waals surface area contributed by atoms with Gasteiger partial charge in [0.05, 0.1) is 13.7 Å². The van der Waals surface area contributed by atoms with Crippen LogP contribution in [0.1, 0.15) is 38.7 Å². The van der Waals surface area contributed by atoms with Crippen LogP contribution in [0.3, 0.4) is 0 Å². The number of rotatable bonds is 11. The number of nitrogens with zero attached hydrogens (tertiary/aromatic N) is 2. The molecule has 0 bridgehead atoms. The minimum atomic E-state index is 0. The first-order valence-corrected chi connectivity index (χ1v) is 8.39. The van der Waals surface area contributed by atoms with Crippen molar-refractivity contribution in [3.8, 4) is 5.88 Å².